The molecule has 0 amide bonds. The standard InChI is InChI=1S/C32H39NO2S/c1-18-20(3)24(7)31-28(22(18)5)17-27(33(31)10)15-13-11-12-14-16-29-26(9)30-23(6)19(2)21(4)25(8)32(30)36(29,34)35/h11-15,29H,9,16-17H2,1-8,10H3. The van der Waals surface area contributed by atoms with E-state index < -0.39 is 15.1 Å². The lowest BCUT2D eigenvalue weighted by molar-refractivity contribution is 0.592. The smallest absolute Gasteiger partial charge is 0.186 e. The normalized spacial score (nSPS) is 19.8. The summed E-state index contributed by atoms with van der Waals surface area (Å²) in [5, 5.41) is -0.595. The molecule has 0 bridgehead atoms. The van der Waals surface area contributed by atoms with Crippen LogP contribution >= 0.6 is 0 Å². The lowest BCUT2D eigenvalue weighted by Crippen LogP contribution is -2.15. The Hall–Kier alpha value is -2.85. The lowest BCUT2D eigenvalue weighted by atomic mass is 9.90. The second-order valence-corrected chi connectivity index (χ2v) is 12.6. The Morgan fingerprint density at radius 2 is 1.39 bits per heavy atom. The van der Waals surface area contributed by atoms with Crippen LogP contribution in [0.3, 0.4) is 0 Å². The van der Waals surface area contributed by atoms with Crippen molar-refractivity contribution in [3.8, 4) is 0 Å². The first-order valence-electron chi connectivity index (χ1n) is 12.7. The molecule has 2 aromatic carbocycles. The predicted octanol–water partition coefficient (Wildman–Crippen LogP) is 7.40. The van der Waals surface area contributed by atoms with Gasteiger partial charge in [-0.2, -0.15) is 0 Å². The molecule has 0 saturated carbocycles. The predicted molar refractivity (Wildman–Crippen MR) is 154 cm³/mol. The molecule has 0 aromatic heterocycles. The summed E-state index contributed by atoms with van der Waals surface area (Å²) in [7, 11) is -1.30. The lowest BCUT2D eigenvalue weighted by Gasteiger charge is -2.20. The van der Waals surface area contributed by atoms with Crippen LogP contribution < -0.4 is 4.90 Å². The van der Waals surface area contributed by atoms with Gasteiger partial charge in [-0.1, -0.05) is 30.9 Å². The molecule has 4 heteroatoms. The van der Waals surface area contributed by atoms with Gasteiger partial charge in [0.25, 0.3) is 0 Å². The number of sulfone groups is 1. The topological polar surface area (TPSA) is 37.4 Å². The van der Waals surface area contributed by atoms with E-state index in [1.54, 1.807) is 0 Å². The van der Waals surface area contributed by atoms with Crippen molar-refractivity contribution < 1.29 is 8.42 Å². The van der Waals surface area contributed by atoms with Gasteiger partial charge in [0, 0.05) is 30.4 Å². The molecule has 0 saturated heterocycles. The summed E-state index contributed by atoms with van der Waals surface area (Å²) in [4.78, 5) is 2.80. The largest absolute Gasteiger partial charge is 0.347 e. The van der Waals surface area contributed by atoms with Crippen LogP contribution in [0.4, 0.5) is 5.69 Å². The third-order valence-electron chi connectivity index (χ3n) is 8.90. The average molecular weight is 502 g/mol. The second-order valence-electron chi connectivity index (χ2n) is 10.5. The van der Waals surface area contributed by atoms with Crippen LogP contribution in [0.15, 0.2) is 47.6 Å². The fourth-order valence-electron chi connectivity index (χ4n) is 5.95. The minimum Gasteiger partial charge on any atom is -0.347 e. The van der Waals surface area contributed by atoms with Crippen LogP contribution in [0.1, 0.15) is 62.1 Å². The van der Waals surface area contributed by atoms with Crippen molar-refractivity contribution in [3.63, 3.8) is 0 Å². The molecule has 0 spiro atoms. The van der Waals surface area contributed by atoms with E-state index in [9.17, 15) is 8.42 Å². The quantitative estimate of drug-likeness (QED) is 0.410. The molecule has 2 aromatic rings. The first-order chi connectivity index (χ1) is 16.8. The Balaban J connectivity index is 1.51. The molecule has 190 valence electrons. The molecule has 2 aliphatic rings. The number of rotatable bonds is 4. The molecule has 3 nitrogen and oxygen atoms in total. The van der Waals surface area contributed by atoms with Gasteiger partial charge in [0.15, 0.2) is 9.84 Å². The van der Waals surface area contributed by atoms with E-state index in [0.29, 0.717) is 11.3 Å². The van der Waals surface area contributed by atoms with Gasteiger partial charge in [-0.15, -0.1) is 0 Å². The van der Waals surface area contributed by atoms with Gasteiger partial charge < -0.3 is 4.90 Å². The molecule has 2 aliphatic heterocycles. The number of benzene rings is 2. The van der Waals surface area contributed by atoms with Crippen LogP contribution in [0, 0.1) is 55.4 Å². The van der Waals surface area contributed by atoms with Crippen molar-refractivity contribution in [1.29, 1.82) is 0 Å². The van der Waals surface area contributed by atoms with Crippen molar-refractivity contribution in [2.75, 3.05) is 11.9 Å². The summed E-state index contributed by atoms with van der Waals surface area (Å²) in [6.07, 6.45) is 11.5. The Morgan fingerprint density at radius 3 is 2.06 bits per heavy atom. The Bertz CT molecular complexity index is 1500. The minimum atomic E-state index is -3.44. The third-order valence-corrected chi connectivity index (χ3v) is 11.2. The number of likely N-dealkylation sites (N-methyl/N-ethyl adjacent to an activating group) is 1. The zero-order chi connectivity index (χ0) is 26.7. The van der Waals surface area contributed by atoms with Gasteiger partial charge in [0.05, 0.1) is 10.1 Å². The van der Waals surface area contributed by atoms with E-state index in [2.05, 4.69) is 59.2 Å². The monoisotopic (exact) mass is 501 g/mol. The molecule has 1 atom stereocenters. The number of allylic oxidation sites excluding steroid dienone is 6. The van der Waals surface area contributed by atoms with Gasteiger partial charge in [-0.25, -0.2) is 8.42 Å². The molecule has 1 unspecified atom stereocenters. The fourth-order valence-corrected chi connectivity index (χ4v) is 8.24. The Labute approximate surface area is 217 Å². The molecule has 0 N–H and O–H groups in total. The fraction of sp³-hybridized carbons (Fsp3) is 0.375. The number of hydrogen-bond donors (Lipinski definition) is 0. The van der Waals surface area contributed by atoms with Crippen molar-refractivity contribution in [1.82, 2.24) is 0 Å². The molecule has 0 aliphatic carbocycles. The highest BCUT2D eigenvalue weighted by atomic mass is 32.2. The van der Waals surface area contributed by atoms with Crippen molar-refractivity contribution in [3.05, 3.63) is 98.3 Å². The molecule has 4 rings (SSSR count). The third kappa shape index (κ3) is 3.82. The van der Waals surface area contributed by atoms with E-state index in [0.717, 1.165) is 39.8 Å². The van der Waals surface area contributed by atoms with E-state index in [1.807, 2.05) is 45.1 Å². The average Bonchev–Trinajstić information content (AvgIpc) is 3.26. The summed E-state index contributed by atoms with van der Waals surface area (Å²) < 4.78 is 26.9. The number of fused-ring (bicyclic) bond motifs is 2. The molecular formula is C32H39NO2S. The van der Waals surface area contributed by atoms with Gasteiger partial charge >= 0.3 is 0 Å². The van der Waals surface area contributed by atoms with Crippen LogP contribution in [0.25, 0.3) is 5.57 Å². The summed E-state index contributed by atoms with van der Waals surface area (Å²) in [6.45, 7) is 21.1. The van der Waals surface area contributed by atoms with Crippen LogP contribution in [0.2, 0.25) is 0 Å². The van der Waals surface area contributed by atoms with Crippen LogP contribution in [-0.2, 0) is 16.3 Å². The zero-order valence-corrected chi connectivity index (χ0v) is 24.1. The van der Waals surface area contributed by atoms with Gasteiger partial charge in [-0.3, -0.25) is 0 Å². The van der Waals surface area contributed by atoms with Crippen molar-refractivity contribution in [2.24, 2.45) is 0 Å². The maximum absolute atomic E-state index is 13.4. The number of hydrogen-bond acceptors (Lipinski definition) is 3. The van der Waals surface area contributed by atoms with Crippen molar-refractivity contribution in [2.45, 2.75) is 78.4 Å². The highest BCUT2D eigenvalue weighted by Gasteiger charge is 2.42. The first-order valence-corrected chi connectivity index (χ1v) is 14.3. The summed E-state index contributed by atoms with van der Waals surface area (Å²) in [5.74, 6) is 0. The summed E-state index contributed by atoms with van der Waals surface area (Å²) >= 11 is 0. The van der Waals surface area contributed by atoms with Crippen molar-refractivity contribution >= 4 is 21.1 Å². The number of anilines is 1. The van der Waals surface area contributed by atoms with E-state index in [4.69, 9.17) is 0 Å². The first kappa shape index (κ1) is 26.2. The van der Waals surface area contributed by atoms with Gasteiger partial charge in [-0.05, 0) is 124 Å². The molecule has 2 heterocycles. The maximum atomic E-state index is 13.4. The van der Waals surface area contributed by atoms with E-state index in [-0.39, 0.29) is 0 Å². The maximum Gasteiger partial charge on any atom is 0.186 e. The van der Waals surface area contributed by atoms with Crippen LogP contribution in [0.5, 0.6) is 0 Å². The highest BCUT2D eigenvalue weighted by molar-refractivity contribution is 7.93. The summed E-state index contributed by atoms with van der Waals surface area (Å²) in [5.41, 5.74) is 15.2. The second kappa shape index (κ2) is 9.23. The number of nitrogens with zero attached hydrogens (tertiary/aromatic N) is 1. The Kier molecular flexibility index (Phi) is 6.72. The molecule has 0 radical (unpaired) electrons. The molecule has 36 heavy (non-hydrogen) atoms. The van der Waals surface area contributed by atoms with Crippen LogP contribution in [-0.4, -0.2) is 20.7 Å². The van der Waals surface area contributed by atoms with E-state index >= 15 is 0 Å². The molecule has 0 fully saturated rings. The van der Waals surface area contributed by atoms with E-state index in [1.165, 1.54) is 39.2 Å². The summed E-state index contributed by atoms with van der Waals surface area (Å²) in [6, 6.07) is 0. The molecular weight excluding hydrogens is 462 g/mol. The Morgan fingerprint density at radius 1 is 0.806 bits per heavy atom. The highest BCUT2D eigenvalue weighted by Crippen LogP contribution is 2.46. The SMILES string of the molecule is C=C1c2c(C)c(C)c(C)c(C)c2S(=O)(=O)C1CC=CC=CC=C1Cc2c(C)c(C)c(C)c(C)c2N1C. The van der Waals surface area contributed by atoms with Gasteiger partial charge in [0.1, 0.15) is 0 Å². The zero-order valence-electron chi connectivity index (χ0n) is 23.3. The minimum absolute atomic E-state index is 0.427. The van der Waals surface area contributed by atoms with Gasteiger partial charge in [0.2, 0.25) is 0 Å².